The van der Waals surface area contributed by atoms with E-state index < -0.39 is 18.5 Å². The summed E-state index contributed by atoms with van der Waals surface area (Å²) in [5, 5.41) is 0.599. The van der Waals surface area contributed by atoms with Crippen LogP contribution in [0.15, 0.2) is 18.2 Å². The van der Waals surface area contributed by atoms with Gasteiger partial charge < -0.3 is 14.2 Å². The van der Waals surface area contributed by atoms with Gasteiger partial charge in [-0.1, -0.05) is 38.8 Å². The zero-order valence-electron chi connectivity index (χ0n) is 16.5. The van der Waals surface area contributed by atoms with E-state index in [1.807, 2.05) is 6.92 Å². The molecule has 1 saturated carbocycles. The van der Waals surface area contributed by atoms with Gasteiger partial charge >= 0.3 is 11.9 Å². The first-order valence-corrected chi connectivity index (χ1v) is 9.88. The maximum Gasteiger partial charge on any atom is 0.344 e. The van der Waals surface area contributed by atoms with Crippen molar-refractivity contribution in [3.63, 3.8) is 0 Å². The average molecular weight is 397 g/mol. The Morgan fingerprint density at radius 2 is 1.93 bits per heavy atom. The summed E-state index contributed by atoms with van der Waals surface area (Å²) in [5.41, 5.74) is 0.820. The van der Waals surface area contributed by atoms with E-state index >= 15 is 0 Å². The maximum atomic E-state index is 12.1. The first-order valence-electron chi connectivity index (χ1n) is 9.50. The second kappa shape index (κ2) is 9.98. The number of carbonyl (C=O) groups is 2. The van der Waals surface area contributed by atoms with E-state index in [-0.39, 0.29) is 12.7 Å². The third kappa shape index (κ3) is 6.73. The molecule has 0 amide bonds. The molecule has 0 saturated heterocycles. The van der Waals surface area contributed by atoms with E-state index in [0.29, 0.717) is 28.5 Å². The first-order chi connectivity index (χ1) is 12.8. The predicted molar refractivity (Wildman–Crippen MR) is 104 cm³/mol. The summed E-state index contributed by atoms with van der Waals surface area (Å²) in [7, 11) is 0. The van der Waals surface area contributed by atoms with Gasteiger partial charge in [-0.3, -0.25) is 0 Å². The third-order valence-electron chi connectivity index (χ3n) is 5.08. The Labute approximate surface area is 166 Å². The molecule has 0 spiro atoms. The van der Waals surface area contributed by atoms with Crippen molar-refractivity contribution < 1.29 is 23.8 Å². The number of rotatable bonds is 7. The van der Waals surface area contributed by atoms with Crippen molar-refractivity contribution in [3.8, 4) is 5.75 Å². The highest BCUT2D eigenvalue weighted by molar-refractivity contribution is 6.30. The van der Waals surface area contributed by atoms with Gasteiger partial charge in [-0.2, -0.15) is 0 Å². The van der Waals surface area contributed by atoms with Crippen LogP contribution in [0.2, 0.25) is 5.02 Å². The Morgan fingerprint density at radius 1 is 1.19 bits per heavy atom. The predicted octanol–water partition coefficient (Wildman–Crippen LogP) is 4.57. The Kier molecular flexibility index (Phi) is 7.96. The molecule has 0 aliphatic heterocycles. The van der Waals surface area contributed by atoms with Crippen molar-refractivity contribution in [2.75, 3.05) is 13.2 Å². The highest BCUT2D eigenvalue weighted by atomic mass is 35.5. The van der Waals surface area contributed by atoms with Gasteiger partial charge in [-0.05, 0) is 61.3 Å². The molecule has 0 unspecified atom stereocenters. The molecule has 2 rings (SSSR count). The number of halogens is 1. The topological polar surface area (TPSA) is 61.8 Å². The number of benzene rings is 1. The molecule has 150 valence electrons. The number of carbonyl (C=O) groups excluding carboxylic acids is 2. The lowest BCUT2D eigenvalue weighted by atomic mass is 9.75. The molecular weight excluding hydrogens is 368 g/mol. The third-order valence-corrected chi connectivity index (χ3v) is 5.31. The van der Waals surface area contributed by atoms with E-state index in [2.05, 4.69) is 20.8 Å². The summed E-state index contributed by atoms with van der Waals surface area (Å²) in [4.78, 5) is 23.9. The fourth-order valence-corrected chi connectivity index (χ4v) is 3.77. The van der Waals surface area contributed by atoms with E-state index in [0.717, 1.165) is 24.8 Å². The van der Waals surface area contributed by atoms with Crippen LogP contribution in [0.25, 0.3) is 0 Å². The largest absolute Gasteiger partial charge is 0.482 e. The fourth-order valence-electron chi connectivity index (χ4n) is 3.55. The van der Waals surface area contributed by atoms with Crippen LogP contribution in [0.3, 0.4) is 0 Å². The van der Waals surface area contributed by atoms with E-state index in [4.69, 9.17) is 25.8 Å². The second-order valence-corrected chi connectivity index (χ2v) is 8.15. The van der Waals surface area contributed by atoms with Gasteiger partial charge in [0, 0.05) is 5.02 Å². The Hall–Kier alpha value is -1.75. The fraction of sp³-hybridized carbons (Fsp3) is 0.619. The molecule has 0 N–H and O–H groups in total. The van der Waals surface area contributed by atoms with Gasteiger partial charge in [-0.15, -0.1) is 0 Å². The number of hydrogen-bond acceptors (Lipinski definition) is 5. The zero-order valence-corrected chi connectivity index (χ0v) is 17.3. The molecule has 0 bridgehead atoms. The molecule has 1 aromatic rings. The van der Waals surface area contributed by atoms with Crippen molar-refractivity contribution in [2.45, 2.75) is 53.1 Å². The zero-order chi connectivity index (χ0) is 20.0. The number of hydrogen-bond donors (Lipinski definition) is 0. The summed E-state index contributed by atoms with van der Waals surface area (Å²) in [6, 6.07) is 5.12. The molecule has 5 nitrogen and oxygen atoms in total. The number of esters is 2. The smallest absolute Gasteiger partial charge is 0.344 e. The molecular formula is C21H29ClO5. The summed E-state index contributed by atoms with van der Waals surface area (Å²) in [6.45, 7) is 7.64. The van der Waals surface area contributed by atoms with Crippen LogP contribution in [-0.4, -0.2) is 31.3 Å². The minimum Gasteiger partial charge on any atom is -0.482 e. The molecule has 3 atom stereocenters. The molecule has 27 heavy (non-hydrogen) atoms. The second-order valence-electron chi connectivity index (χ2n) is 7.71. The first kappa shape index (κ1) is 21.5. The van der Waals surface area contributed by atoms with Crippen LogP contribution in [0.5, 0.6) is 5.75 Å². The standard InChI is InChI=1S/C21H29ClO5/c1-13(2)17-7-5-14(3)9-19(17)27-21(24)12-26-20(23)11-25-18-8-6-16(22)10-15(18)4/h6,8,10,13-14,17,19H,5,7,9,11-12H2,1-4H3/t14-,17-,19+/m0/s1. The van der Waals surface area contributed by atoms with Crippen LogP contribution in [-0.2, 0) is 19.1 Å². The van der Waals surface area contributed by atoms with Crippen LogP contribution < -0.4 is 4.74 Å². The molecule has 1 aliphatic rings. The van der Waals surface area contributed by atoms with Crippen LogP contribution >= 0.6 is 11.6 Å². The molecule has 0 heterocycles. The van der Waals surface area contributed by atoms with Gasteiger partial charge in [0.05, 0.1) is 0 Å². The van der Waals surface area contributed by atoms with Gasteiger partial charge in [0.1, 0.15) is 11.9 Å². The van der Waals surface area contributed by atoms with Gasteiger partial charge in [0.25, 0.3) is 0 Å². The van der Waals surface area contributed by atoms with Crippen molar-refractivity contribution >= 4 is 23.5 Å². The van der Waals surface area contributed by atoms with Crippen LogP contribution in [0, 0.1) is 24.7 Å². The Balaban J connectivity index is 1.76. The van der Waals surface area contributed by atoms with E-state index in [1.165, 1.54) is 0 Å². The van der Waals surface area contributed by atoms with E-state index in [9.17, 15) is 9.59 Å². The van der Waals surface area contributed by atoms with Gasteiger partial charge in [0.2, 0.25) is 0 Å². The highest BCUT2D eigenvalue weighted by Gasteiger charge is 2.33. The number of ether oxygens (including phenoxy) is 3. The minimum absolute atomic E-state index is 0.104. The summed E-state index contributed by atoms with van der Waals surface area (Å²) >= 11 is 5.88. The minimum atomic E-state index is -0.612. The van der Waals surface area contributed by atoms with Crippen molar-refractivity contribution in [2.24, 2.45) is 17.8 Å². The summed E-state index contributed by atoms with van der Waals surface area (Å²) in [5.74, 6) is 0.784. The lowest BCUT2D eigenvalue weighted by Gasteiger charge is -2.36. The van der Waals surface area contributed by atoms with Crippen LogP contribution in [0.1, 0.15) is 45.6 Å². The Morgan fingerprint density at radius 3 is 2.59 bits per heavy atom. The quantitative estimate of drug-likeness (QED) is 0.631. The van der Waals surface area contributed by atoms with E-state index in [1.54, 1.807) is 18.2 Å². The van der Waals surface area contributed by atoms with Crippen molar-refractivity contribution in [1.29, 1.82) is 0 Å². The summed E-state index contributed by atoms with van der Waals surface area (Å²) in [6.07, 6.45) is 2.98. The highest BCUT2D eigenvalue weighted by Crippen LogP contribution is 2.35. The van der Waals surface area contributed by atoms with Crippen LogP contribution in [0.4, 0.5) is 0 Å². The van der Waals surface area contributed by atoms with Gasteiger partial charge in [-0.25, -0.2) is 9.59 Å². The maximum absolute atomic E-state index is 12.1. The Bertz CT molecular complexity index is 658. The summed E-state index contributed by atoms with van der Waals surface area (Å²) < 4.78 is 16.0. The molecule has 0 aromatic heterocycles. The monoisotopic (exact) mass is 396 g/mol. The van der Waals surface area contributed by atoms with Crippen molar-refractivity contribution in [1.82, 2.24) is 0 Å². The molecule has 0 radical (unpaired) electrons. The van der Waals surface area contributed by atoms with Crippen molar-refractivity contribution in [3.05, 3.63) is 28.8 Å². The molecule has 1 aromatic carbocycles. The number of aryl methyl sites for hydroxylation is 1. The average Bonchev–Trinajstić information content (AvgIpc) is 2.59. The molecule has 1 fully saturated rings. The lowest BCUT2D eigenvalue weighted by molar-refractivity contribution is -0.167. The molecule has 1 aliphatic carbocycles. The van der Waals surface area contributed by atoms with Gasteiger partial charge in [0.15, 0.2) is 13.2 Å². The lowest BCUT2D eigenvalue weighted by Crippen LogP contribution is -2.37. The normalized spacial score (nSPS) is 22.4. The molecule has 6 heteroatoms. The SMILES string of the molecule is Cc1cc(Cl)ccc1OCC(=O)OCC(=O)O[C@@H]1C[C@@H](C)CC[C@H]1C(C)C.